The van der Waals surface area contributed by atoms with E-state index in [1.807, 2.05) is 0 Å². The summed E-state index contributed by atoms with van der Waals surface area (Å²) in [5, 5.41) is 6.40. The molecule has 0 aliphatic heterocycles. The summed E-state index contributed by atoms with van der Waals surface area (Å²) >= 11 is 0. The molecular weight excluding hydrogens is 248 g/mol. The lowest BCUT2D eigenvalue weighted by Gasteiger charge is -2.28. The number of carbonyl (C=O) groups is 1. The number of halogens is 1. The summed E-state index contributed by atoms with van der Waals surface area (Å²) in [5.41, 5.74) is 0. The number of amides is 1. The standard InChI is InChI=1S/C14H26N2O.ClH/c1-2-11-5-7-13(8-6-11)16-14(17)10-15-9-12-3-4-12;/h11-13,15H,2-10H2,1H3,(H,16,17);1H. The van der Waals surface area contributed by atoms with E-state index < -0.39 is 0 Å². The maximum absolute atomic E-state index is 11.7. The Hall–Kier alpha value is -0.280. The molecule has 0 spiro atoms. The van der Waals surface area contributed by atoms with Crippen LogP contribution in [0.25, 0.3) is 0 Å². The molecular formula is C14H27ClN2O. The van der Waals surface area contributed by atoms with Crippen LogP contribution >= 0.6 is 12.4 Å². The van der Waals surface area contributed by atoms with Gasteiger partial charge >= 0.3 is 0 Å². The summed E-state index contributed by atoms with van der Waals surface area (Å²) in [6.07, 6.45) is 8.91. The van der Waals surface area contributed by atoms with Crippen molar-refractivity contribution in [2.24, 2.45) is 11.8 Å². The van der Waals surface area contributed by atoms with E-state index >= 15 is 0 Å². The van der Waals surface area contributed by atoms with E-state index in [1.165, 1.54) is 44.9 Å². The molecule has 4 heteroatoms. The first kappa shape index (κ1) is 15.8. The van der Waals surface area contributed by atoms with Gasteiger partial charge in [0.1, 0.15) is 0 Å². The minimum absolute atomic E-state index is 0. The minimum atomic E-state index is 0. The summed E-state index contributed by atoms with van der Waals surface area (Å²) in [4.78, 5) is 11.7. The van der Waals surface area contributed by atoms with Gasteiger partial charge in [-0.15, -0.1) is 12.4 Å². The summed E-state index contributed by atoms with van der Waals surface area (Å²) in [5.74, 6) is 1.93. The summed E-state index contributed by atoms with van der Waals surface area (Å²) < 4.78 is 0. The molecule has 106 valence electrons. The van der Waals surface area contributed by atoms with Crippen molar-refractivity contribution in [1.82, 2.24) is 10.6 Å². The van der Waals surface area contributed by atoms with Crippen molar-refractivity contribution in [2.75, 3.05) is 13.1 Å². The SMILES string of the molecule is CCC1CCC(NC(=O)CNCC2CC2)CC1.Cl. The van der Waals surface area contributed by atoms with Crippen molar-refractivity contribution in [1.29, 1.82) is 0 Å². The van der Waals surface area contributed by atoms with Gasteiger partial charge in [-0.05, 0) is 56.9 Å². The number of hydrogen-bond donors (Lipinski definition) is 2. The molecule has 0 saturated heterocycles. The monoisotopic (exact) mass is 274 g/mol. The third-order valence-electron chi connectivity index (χ3n) is 4.20. The van der Waals surface area contributed by atoms with Gasteiger partial charge in [0, 0.05) is 6.04 Å². The van der Waals surface area contributed by atoms with Crippen LogP contribution in [0.2, 0.25) is 0 Å². The molecule has 1 amide bonds. The molecule has 0 atom stereocenters. The first-order valence-corrected chi connectivity index (χ1v) is 7.28. The van der Waals surface area contributed by atoms with E-state index in [1.54, 1.807) is 0 Å². The highest BCUT2D eigenvalue weighted by atomic mass is 35.5. The van der Waals surface area contributed by atoms with E-state index in [9.17, 15) is 4.79 Å². The molecule has 2 aliphatic rings. The van der Waals surface area contributed by atoms with E-state index in [2.05, 4.69) is 17.6 Å². The second kappa shape index (κ2) is 8.00. The Bertz CT molecular complexity index is 248. The molecule has 3 nitrogen and oxygen atoms in total. The second-order valence-electron chi connectivity index (χ2n) is 5.77. The van der Waals surface area contributed by atoms with Crippen molar-refractivity contribution >= 4 is 18.3 Å². The number of carbonyl (C=O) groups excluding carboxylic acids is 1. The molecule has 0 radical (unpaired) electrons. The lowest BCUT2D eigenvalue weighted by atomic mass is 9.84. The fourth-order valence-electron chi connectivity index (χ4n) is 2.71. The van der Waals surface area contributed by atoms with Gasteiger partial charge in [0.25, 0.3) is 0 Å². The highest BCUT2D eigenvalue weighted by Crippen LogP contribution is 2.27. The number of rotatable bonds is 6. The Morgan fingerprint density at radius 1 is 1.06 bits per heavy atom. The highest BCUT2D eigenvalue weighted by molar-refractivity contribution is 5.85. The fraction of sp³-hybridized carbons (Fsp3) is 0.929. The van der Waals surface area contributed by atoms with Gasteiger partial charge in [0.2, 0.25) is 5.91 Å². The summed E-state index contributed by atoms with van der Waals surface area (Å²) in [6, 6.07) is 0.438. The van der Waals surface area contributed by atoms with Gasteiger partial charge in [-0.25, -0.2) is 0 Å². The maximum atomic E-state index is 11.7. The van der Waals surface area contributed by atoms with Gasteiger partial charge < -0.3 is 10.6 Å². The average molecular weight is 275 g/mol. The van der Waals surface area contributed by atoms with Gasteiger partial charge in [0.05, 0.1) is 6.54 Å². The molecule has 18 heavy (non-hydrogen) atoms. The van der Waals surface area contributed by atoms with E-state index in [0.717, 1.165) is 18.4 Å². The Morgan fingerprint density at radius 2 is 1.67 bits per heavy atom. The normalized spacial score (nSPS) is 27.4. The van der Waals surface area contributed by atoms with Crippen molar-refractivity contribution in [2.45, 2.75) is 57.9 Å². The molecule has 0 aromatic carbocycles. The Kier molecular flexibility index (Phi) is 7.02. The van der Waals surface area contributed by atoms with Crippen LogP contribution in [0, 0.1) is 11.8 Å². The maximum Gasteiger partial charge on any atom is 0.234 e. The highest BCUT2D eigenvalue weighted by Gasteiger charge is 2.22. The van der Waals surface area contributed by atoms with E-state index in [4.69, 9.17) is 0 Å². The van der Waals surface area contributed by atoms with Crippen LogP contribution in [0.4, 0.5) is 0 Å². The van der Waals surface area contributed by atoms with Gasteiger partial charge in [-0.3, -0.25) is 4.79 Å². The zero-order chi connectivity index (χ0) is 12.1. The zero-order valence-corrected chi connectivity index (χ0v) is 12.2. The van der Waals surface area contributed by atoms with Crippen LogP contribution in [0.15, 0.2) is 0 Å². The lowest BCUT2D eigenvalue weighted by molar-refractivity contribution is -0.121. The first-order chi connectivity index (χ1) is 8.28. The van der Waals surface area contributed by atoms with Gasteiger partial charge in [-0.1, -0.05) is 13.3 Å². The van der Waals surface area contributed by atoms with Crippen molar-refractivity contribution in [3.8, 4) is 0 Å². The minimum Gasteiger partial charge on any atom is -0.352 e. The number of hydrogen-bond acceptors (Lipinski definition) is 2. The molecule has 0 aromatic rings. The molecule has 2 fully saturated rings. The molecule has 2 saturated carbocycles. The fourth-order valence-corrected chi connectivity index (χ4v) is 2.71. The van der Waals surface area contributed by atoms with Crippen LogP contribution in [0.1, 0.15) is 51.9 Å². The third kappa shape index (κ3) is 5.57. The molecule has 2 N–H and O–H groups in total. The smallest absolute Gasteiger partial charge is 0.234 e. The molecule has 2 rings (SSSR count). The predicted octanol–water partition coefficient (Wildman–Crippen LogP) is 2.49. The van der Waals surface area contributed by atoms with Crippen LogP contribution in [-0.4, -0.2) is 25.0 Å². The number of nitrogens with one attached hydrogen (secondary N) is 2. The largest absolute Gasteiger partial charge is 0.352 e. The van der Waals surface area contributed by atoms with Crippen LogP contribution in [-0.2, 0) is 4.79 Å². The van der Waals surface area contributed by atoms with E-state index in [-0.39, 0.29) is 18.3 Å². The van der Waals surface area contributed by atoms with Crippen molar-refractivity contribution in [3.05, 3.63) is 0 Å². The van der Waals surface area contributed by atoms with E-state index in [0.29, 0.717) is 12.6 Å². The summed E-state index contributed by atoms with van der Waals surface area (Å²) in [6.45, 7) is 3.80. The topological polar surface area (TPSA) is 41.1 Å². The second-order valence-corrected chi connectivity index (χ2v) is 5.77. The molecule has 0 heterocycles. The van der Waals surface area contributed by atoms with Gasteiger partial charge in [-0.2, -0.15) is 0 Å². The quantitative estimate of drug-likeness (QED) is 0.781. The molecule has 0 aromatic heterocycles. The third-order valence-corrected chi connectivity index (χ3v) is 4.20. The average Bonchev–Trinajstić information content (AvgIpc) is 3.14. The Balaban J connectivity index is 0.00000162. The predicted molar refractivity (Wildman–Crippen MR) is 77.0 cm³/mol. The zero-order valence-electron chi connectivity index (χ0n) is 11.4. The van der Waals surface area contributed by atoms with Crippen LogP contribution in [0.5, 0.6) is 0 Å². The van der Waals surface area contributed by atoms with Crippen LogP contribution in [0.3, 0.4) is 0 Å². The van der Waals surface area contributed by atoms with Crippen LogP contribution < -0.4 is 10.6 Å². The van der Waals surface area contributed by atoms with Crippen molar-refractivity contribution < 1.29 is 4.79 Å². The first-order valence-electron chi connectivity index (χ1n) is 7.28. The Morgan fingerprint density at radius 3 is 2.22 bits per heavy atom. The molecule has 0 unspecified atom stereocenters. The Labute approximate surface area is 117 Å². The molecule has 2 aliphatic carbocycles. The molecule has 0 bridgehead atoms. The lowest BCUT2D eigenvalue weighted by Crippen LogP contribution is -2.42. The van der Waals surface area contributed by atoms with Gasteiger partial charge in [0.15, 0.2) is 0 Å². The van der Waals surface area contributed by atoms with Crippen molar-refractivity contribution in [3.63, 3.8) is 0 Å². The summed E-state index contributed by atoms with van der Waals surface area (Å²) in [7, 11) is 0.